The summed E-state index contributed by atoms with van der Waals surface area (Å²) in [5.41, 5.74) is 0.0817. The van der Waals surface area contributed by atoms with E-state index in [0.29, 0.717) is 6.42 Å². The zero-order chi connectivity index (χ0) is 11.4. The summed E-state index contributed by atoms with van der Waals surface area (Å²) in [6.45, 7) is 1.76. The topological polar surface area (TPSA) is 63.4 Å². The molecule has 1 unspecified atom stereocenters. The fourth-order valence-corrected chi connectivity index (χ4v) is 1.29. The molecule has 0 aromatic heterocycles. The molecule has 0 saturated carbocycles. The van der Waals surface area contributed by atoms with Crippen LogP contribution in [-0.4, -0.2) is 16.1 Å². The van der Waals surface area contributed by atoms with Gasteiger partial charge in [-0.1, -0.05) is 6.92 Å². The number of rotatable bonds is 4. The first-order valence-corrected chi connectivity index (χ1v) is 4.65. The number of hydrogen-bond donors (Lipinski definition) is 1. The summed E-state index contributed by atoms with van der Waals surface area (Å²) in [4.78, 5) is 10.0. The monoisotopic (exact) mass is 213 g/mol. The van der Waals surface area contributed by atoms with Crippen molar-refractivity contribution in [3.63, 3.8) is 0 Å². The lowest BCUT2D eigenvalue weighted by Gasteiger charge is -2.07. The van der Waals surface area contributed by atoms with Crippen molar-refractivity contribution >= 4 is 5.69 Å². The van der Waals surface area contributed by atoms with E-state index < -0.39 is 16.8 Å². The van der Waals surface area contributed by atoms with Crippen molar-refractivity contribution in [1.82, 2.24) is 0 Å². The Morgan fingerprint density at radius 1 is 1.60 bits per heavy atom. The number of benzene rings is 1. The van der Waals surface area contributed by atoms with Gasteiger partial charge in [-0.15, -0.1) is 0 Å². The molecule has 1 atom stereocenters. The molecule has 0 heterocycles. The Hall–Kier alpha value is -1.49. The first-order chi connectivity index (χ1) is 7.04. The third kappa shape index (κ3) is 2.99. The highest BCUT2D eigenvalue weighted by Crippen LogP contribution is 2.21. The summed E-state index contributed by atoms with van der Waals surface area (Å²) < 4.78 is 12.9. The molecule has 0 fully saturated rings. The van der Waals surface area contributed by atoms with E-state index in [4.69, 9.17) is 0 Å². The lowest BCUT2D eigenvalue weighted by molar-refractivity contribution is -0.385. The smallest absolute Gasteiger partial charge is 0.272 e. The number of aliphatic hydroxyl groups is 1. The maximum Gasteiger partial charge on any atom is 0.272 e. The fraction of sp³-hybridized carbons (Fsp3) is 0.400. The maximum absolute atomic E-state index is 12.9. The molecule has 4 nitrogen and oxygen atoms in total. The van der Waals surface area contributed by atoms with Gasteiger partial charge in [0, 0.05) is 18.1 Å². The summed E-state index contributed by atoms with van der Waals surface area (Å²) in [5, 5.41) is 20.0. The van der Waals surface area contributed by atoms with E-state index in [1.54, 1.807) is 6.92 Å². The van der Waals surface area contributed by atoms with Crippen molar-refractivity contribution in [3.8, 4) is 0 Å². The SMILES string of the molecule is CCC(O)Cc1cc(F)ccc1[N+](=O)[O-]. The second-order valence-corrected chi connectivity index (χ2v) is 3.30. The van der Waals surface area contributed by atoms with Crippen molar-refractivity contribution < 1.29 is 14.4 Å². The van der Waals surface area contributed by atoms with E-state index in [-0.39, 0.29) is 17.7 Å². The van der Waals surface area contributed by atoms with Crippen LogP contribution in [0.1, 0.15) is 18.9 Å². The zero-order valence-corrected chi connectivity index (χ0v) is 8.31. The molecule has 15 heavy (non-hydrogen) atoms. The number of hydrogen-bond acceptors (Lipinski definition) is 3. The molecule has 1 N–H and O–H groups in total. The van der Waals surface area contributed by atoms with Gasteiger partial charge in [0.25, 0.3) is 5.69 Å². The Balaban J connectivity index is 3.02. The van der Waals surface area contributed by atoms with Crippen LogP contribution in [0, 0.1) is 15.9 Å². The first kappa shape index (κ1) is 11.6. The Labute approximate surface area is 86.5 Å². The molecule has 1 rings (SSSR count). The van der Waals surface area contributed by atoms with Gasteiger partial charge in [0.2, 0.25) is 0 Å². The van der Waals surface area contributed by atoms with Gasteiger partial charge < -0.3 is 5.11 Å². The largest absolute Gasteiger partial charge is 0.393 e. The Morgan fingerprint density at radius 2 is 2.27 bits per heavy atom. The zero-order valence-electron chi connectivity index (χ0n) is 8.31. The number of halogens is 1. The second-order valence-electron chi connectivity index (χ2n) is 3.30. The molecule has 1 aromatic carbocycles. The Morgan fingerprint density at radius 3 is 2.80 bits per heavy atom. The Bertz CT molecular complexity index is 368. The number of nitrogens with zero attached hydrogens (tertiary/aromatic N) is 1. The predicted molar refractivity (Wildman–Crippen MR) is 53.1 cm³/mol. The molecule has 0 radical (unpaired) electrons. The molecule has 0 spiro atoms. The van der Waals surface area contributed by atoms with Crippen LogP contribution in [-0.2, 0) is 6.42 Å². The van der Waals surface area contributed by atoms with Gasteiger partial charge in [-0.2, -0.15) is 0 Å². The van der Waals surface area contributed by atoms with Crippen LogP contribution in [0.25, 0.3) is 0 Å². The highest BCUT2D eigenvalue weighted by atomic mass is 19.1. The average Bonchev–Trinajstić information content (AvgIpc) is 2.17. The summed E-state index contributed by atoms with van der Waals surface area (Å²) in [7, 11) is 0. The van der Waals surface area contributed by atoms with Gasteiger partial charge in [-0.25, -0.2) is 4.39 Å². The molecule has 0 bridgehead atoms. The Kier molecular flexibility index (Phi) is 3.74. The number of nitro benzene ring substituents is 1. The first-order valence-electron chi connectivity index (χ1n) is 4.65. The van der Waals surface area contributed by atoms with Crippen molar-refractivity contribution in [2.24, 2.45) is 0 Å². The second kappa shape index (κ2) is 4.84. The summed E-state index contributed by atoms with van der Waals surface area (Å²) in [6, 6.07) is 3.25. The molecule has 82 valence electrons. The van der Waals surface area contributed by atoms with Gasteiger partial charge >= 0.3 is 0 Å². The molecule has 0 amide bonds. The minimum Gasteiger partial charge on any atom is -0.393 e. The molecule has 0 aliphatic carbocycles. The normalized spacial score (nSPS) is 12.5. The van der Waals surface area contributed by atoms with E-state index in [9.17, 15) is 19.6 Å². The van der Waals surface area contributed by atoms with Gasteiger partial charge in [-0.05, 0) is 18.6 Å². The summed E-state index contributed by atoms with van der Waals surface area (Å²) >= 11 is 0. The summed E-state index contributed by atoms with van der Waals surface area (Å²) in [5.74, 6) is -0.529. The van der Waals surface area contributed by atoms with Crippen LogP contribution in [0.2, 0.25) is 0 Å². The van der Waals surface area contributed by atoms with E-state index in [0.717, 1.165) is 18.2 Å². The standard InChI is InChI=1S/C10H12FNO3/c1-2-9(13)6-7-5-8(11)3-4-10(7)12(14)15/h3-5,9,13H,2,6H2,1H3. The molecular formula is C10H12FNO3. The fourth-order valence-electron chi connectivity index (χ4n) is 1.29. The minimum atomic E-state index is -0.675. The molecule has 0 aliphatic heterocycles. The van der Waals surface area contributed by atoms with Gasteiger partial charge in [0.1, 0.15) is 5.82 Å². The molecule has 1 aromatic rings. The van der Waals surface area contributed by atoms with Crippen molar-refractivity contribution in [1.29, 1.82) is 0 Å². The van der Waals surface area contributed by atoms with E-state index in [1.165, 1.54) is 0 Å². The quantitative estimate of drug-likeness (QED) is 0.615. The van der Waals surface area contributed by atoms with Crippen LogP contribution in [0.5, 0.6) is 0 Å². The molecule has 5 heteroatoms. The third-order valence-corrected chi connectivity index (χ3v) is 2.17. The number of aliphatic hydroxyl groups excluding tert-OH is 1. The highest BCUT2D eigenvalue weighted by Gasteiger charge is 2.16. The van der Waals surface area contributed by atoms with E-state index >= 15 is 0 Å². The van der Waals surface area contributed by atoms with Gasteiger partial charge in [0.05, 0.1) is 11.0 Å². The van der Waals surface area contributed by atoms with E-state index in [2.05, 4.69) is 0 Å². The van der Waals surface area contributed by atoms with Crippen LogP contribution in [0.15, 0.2) is 18.2 Å². The van der Waals surface area contributed by atoms with Gasteiger partial charge in [-0.3, -0.25) is 10.1 Å². The number of nitro groups is 1. The highest BCUT2D eigenvalue weighted by molar-refractivity contribution is 5.40. The third-order valence-electron chi connectivity index (χ3n) is 2.17. The lowest BCUT2D eigenvalue weighted by atomic mass is 10.0. The van der Waals surface area contributed by atoms with Gasteiger partial charge in [0.15, 0.2) is 0 Å². The van der Waals surface area contributed by atoms with Crippen LogP contribution < -0.4 is 0 Å². The van der Waals surface area contributed by atoms with Crippen LogP contribution >= 0.6 is 0 Å². The average molecular weight is 213 g/mol. The minimum absolute atomic E-state index is 0.102. The van der Waals surface area contributed by atoms with Crippen molar-refractivity contribution in [2.75, 3.05) is 0 Å². The molecule has 0 saturated heterocycles. The van der Waals surface area contributed by atoms with E-state index in [1.807, 2.05) is 0 Å². The molecule has 0 aliphatic rings. The van der Waals surface area contributed by atoms with Crippen molar-refractivity contribution in [3.05, 3.63) is 39.7 Å². The lowest BCUT2D eigenvalue weighted by Crippen LogP contribution is -2.10. The van der Waals surface area contributed by atoms with Crippen LogP contribution in [0.3, 0.4) is 0 Å². The molecular weight excluding hydrogens is 201 g/mol. The van der Waals surface area contributed by atoms with Crippen LogP contribution in [0.4, 0.5) is 10.1 Å². The maximum atomic E-state index is 12.9. The summed E-state index contributed by atoms with van der Waals surface area (Å²) in [6.07, 6.45) is -0.0939. The van der Waals surface area contributed by atoms with Crippen molar-refractivity contribution in [2.45, 2.75) is 25.9 Å². The predicted octanol–water partition coefficient (Wildman–Crippen LogP) is 2.05.